The van der Waals surface area contributed by atoms with Crippen LogP contribution in [0.2, 0.25) is 5.15 Å². The van der Waals surface area contributed by atoms with E-state index in [9.17, 15) is 5.11 Å². The fourth-order valence-corrected chi connectivity index (χ4v) is 2.43. The van der Waals surface area contributed by atoms with Crippen LogP contribution in [-0.2, 0) is 4.74 Å². The minimum absolute atomic E-state index is 0.109. The minimum atomic E-state index is -0.675. The van der Waals surface area contributed by atoms with Gasteiger partial charge in [0.1, 0.15) is 23.2 Å². The van der Waals surface area contributed by atoms with Gasteiger partial charge in [0, 0.05) is 12.6 Å². The number of aliphatic hydroxyl groups excluding tert-OH is 2. The fourth-order valence-electron chi connectivity index (χ4n) is 2.24. The van der Waals surface area contributed by atoms with Crippen molar-refractivity contribution in [3.63, 3.8) is 0 Å². The predicted molar refractivity (Wildman–Crippen MR) is 64.2 cm³/mol. The highest BCUT2D eigenvalue weighted by Crippen LogP contribution is 2.32. The SMILES string of the molecule is OC[C@@H]1C[C@H](O)[C@H](n2ccc3c(Cl)ncnc32)O1. The van der Waals surface area contributed by atoms with Gasteiger partial charge in [-0.2, -0.15) is 0 Å². The standard InChI is InChI=1S/C11H12ClN3O3/c12-9-7-1-2-15(10(7)14-5-13-9)11-8(17)3-6(4-16)18-11/h1-2,5-6,8,11,16-17H,3-4H2/t6-,8-,11+/m0/s1. The van der Waals surface area contributed by atoms with Gasteiger partial charge < -0.3 is 19.5 Å². The van der Waals surface area contributed by atoms with E-state index in [1.54, 1.807) is 16.8 Å². The Labute approximate surface area is 108 Å². The van der Waals surface area contributed by atoms with Crippen LogP contribution in [0.3, 0.4) is 0 Å². The van der Waals surface area contributed by atoms with Crippen LogP contribution in [0.15, 0.2) is 18.6 Å². The number of ether oxygens (including phenoxy) is 1. The van der Waals surface area contributed by atoms with Gasteiger partial charge in [0.15, 0.2) is 6.23 Å². The number of halogens is 1. The van der Waals surface area contributed by atoms with E-state index in [4.69, 9.17) is 21.4 Å². The summed E-state index contributed by atoms with van der Waals surface area (Å²) in [5, 5.41) is 20.1. The monoisotopic (exact) mass is 269 g/mol. The number of fused-ring (bicyclic) bond motifs is 1. The molecular weight excluding hydrogens is 258 g/mol. The summed E-state index contributed by atoms with van der Waals surface area (Å²) in [6.07, 6.45) is 1.95. The fraction of sp³-hybridized carbons (Fsp3) is 0.455. The van der Waals surface area contributed by atoms with Gasteiger partial charge in [0.25, 0.3) is 0 Å². The molecule has 0 saturated carbocycles. The van der Waals surface area contributed by atoms with Crippen molar-refractivity contribution in [2.75, 3.05) is 6.61 Å². The Kier molecular flexibility index (Phi) is 2.95. The molecule has 0 unspecified atom stereocenters. The second kappa shape index (κ2) is 4.47. The molecule has 7 heteroatoms. The zero-order chi connectivity index (χ0) is 12.7. The number of aromatic nitrogens is 3. The van der Waals surface area contributed by atoms with Crippen molar-refractivity contribution in [2.45, 2.75) is 24.9 Å². The third-order valence-corrected chi connectivity index (χ3v) is 3.41. The Balaban J connectivity index is 2.02. The molecule has 1 aliphatic rings. The summed E-state index contributed by atoms with van der Waals surface area (Å²) in [6, 6.07) is 1.78. The van der Waals surface area contributed by atoms with Crippen LogP contribution >= 0.6 is 11.6 Å². The van der Waals surface area contributed by atoms with Crippen molar-refractivity contribution in [3.8, 4) is 0 Å². The van der Waals surface area contributed by atoms with Gasteiger partial charge in [0.05, 0.1) is 18.1 Å². The van der Waals surface area contributed by atoms with Crippen LogP contribution in [0.25, 0.3) is 11.0 Å². The van der Waals surface area contributed by atoms with Gasteiger partial charge in [-0.15, -0.1) is 0 Å². The molecular formula is C11H12ClN3O3. The van der Waals surface area contributed by atoms with E-state index < -0.39 is 12.3 Å². The summed E-state index contributed by atoms with van der Waals surface area (Å²) in [7, 11) is 0. The number of rotatable bonds is 2. The second-order valence-electron chi connectivity index (χ2n) is 4.26. The first kappa shape index (κ1) is 11.9. The summed E-state index contributed by atoms with van der Waals surface area (Å²) in [5.41, 5.74) is 0.609. The normalized spacial score (nSPS) is 28.1. The van der Waals surface area contributed by atoms with Gasteiger partial charge in [-0.1, -0.05) is 11.6 Å². The molecule has 3 rings (SSSR count). The highest BCUT2D eigenvalue weighted by molar-refractivity contribution is 6.33. The smallest absolute Gasteiger partial charge is 0.161 e. The minimum Gasteiger partial charge on any atom is -0.394 e. The zero-order valence-electron chi connectivity index (χ0n) is 9.40. The molecule has 18 heavy (non-hydrogen) atoms. The van der Waals surface area contributed by atoms with Gasteiger partial charge in [-0.05, 0) is 6.07 Å². The quantitative estimate of drug-likeness (QED) is 0.786. The molecule has 2 aromatic heterocycles. The lowest BCUT2D eigenvalue weighted by Gasteiger charge is -2.17. The van der Waals surface area contributed by atoms with Crippen molar-refractivity contribution in [1.29, 1.82) is 0 Å². The van der Waals surface area contributed by atoms with E-state index in [0.29, 0.717) is 22.6 Å². The van der Waals surface area contributed by atoms with E-state index in [2.05, 4.69) is 9.97 Å². The molecule has 0 aromatic carbocycles. The summed E-state index contributed by atoms with van der Waals surface area (Å²) < 4.78 is 7.29. The first-order valence-corrected chi connectivity index (χ1v) is 6.00. The average molecular weight is 270 g/mol. The summed E-state index contributed by atoms with van der Waals surface area (Å²) >= 11 is 5.96. The molecule has 1 aliphatic heterocycles. The largest absolute Gasteiger partial charge is 0.394 e. The molecule has 0 radical (unpaired) electrons. The molecule has 1 fully saturated rings. The van der Waals surface area contributed by atoms with Crippen LogP contribution in [0.5, 0.6) is 0 Å². The average Bonchev–Trinajstić information content (AvgIpc) is 2.93. The lowest BCUT2D eigenvalue weighted by Crippen LogP contribution is -2.19. The van der Waals surface area contributed by atoms with E-state index in [1.165, 1.54) is 6.33 Å². The molecule has 6 nitrogen and oxygen atoms in total. The maximum Gasteiger partial charge on any atom is 0.161 e. The maximum atomic E-state index is 9.96. The molecule has 3 atom stereocenters. The maximum absolute atomic E-state index is 9.96. The zero-order valence-corrected chi connectivity index (χ0v) is 10.2. The molecule has 3 heterocycles. The Hall–Kier alpha value is -1.21. The van der Waals surface area contributed by atoms with Crippen molar-refractivity contribution in [3.05, 3.63) is 23.7 Å². The first-order chi connectivity index (χ1) is 8.70. The van der Waals surface area contributed by atoms with E-state index in [-0.39, 0.29) is 12.7 Å². The summed E-state index contributed by atoms with van der Waals surface area (Å²) in [4.78, 5) is 8.04. The van der Waals surface area contributed by atoms with Crippen LogP contribution < -0.4 is 0 Å². The molecule has 2 N–H and O–H groups in total. The predicted octanol–water partition coefficient (Wildman–Crippen LogP) is 0.725. The highest BCUT2D eigenvalue weighted by atomic mass is 35.5. The Morgan fingerprint density at radius 1 is 1.50 bits per heavy atom. The van der Waals surface area contributed by atoms with Crippen LogP contribution in [0.1, 0.15) is 12.6 Å². The third-order valence-electron chi connectivity index (χ3n) is 3.10. The van der Waals surface area contributed by atoms with Gasteiger partial charge in [0.2, 0.25) is 0 Å². The van der Waals surface area contributed by atoms with E-state index in [1.807, 2.05) is 0 Å². The van der Waals surface area contributed by atoms with E-state index in [0.717, 1.165) is 0 Å². The molecule has 2 aromatic rings. The second-order valence-corrected chi connectivity index (χ2v) is 4.62. The van der Waals surface area contributed by atoms with Gasteiger partial charge in [-0.25, -0.2) is 9.97 Å². The number of hydrogen-bond donors (Lipinski definition) is 2. The number of nitrogens with zero attached hydrogens (tertiary/aromatic N) is 3. The van der Waals surface area contributed by atoms with Gasteiger partial charge >= 0.3 is 0 Å². The van der Waals surface area contributed by atoms with Crippen molar-refractivity contribution in [1.82, 2.24) is 14.5 Å². The molecule has 0 spiro atoms. The van der Waals surface area contributed by atoms with Crippen molar-refractivity contribution < 1.29 is 14.9 Å². The Morgan fingerprint density at radius 3 is 3.06 bits per heavy atom. The first-order valence-electron chi connectivity index (χ1n) is 5.62. The van der Waals surface area contributed by atoms with Crippen LogP contribution in [-0.4, -0.2) is 43.6 Å². The molecule has 0 bridgehead atoms. The van der Waals surface area contributed by atoms with Crippen LogP contribution in [0.4, 0.5) is 0 Å². The molecule has 0 amide bonds. The molecule has 0 aliphatic carbocycles. The lowest BCUT2D eigenvalue weighted by molar-refractivity contribution is -0.0484. The van der Waals surface area contributed by atoms with Gasteiger partial charge in [-0.3, -0.25) is 0 Å². The summed E-state index contributed by atoms with van der Waals surface area (Å²) in [6.45, 7) is -0.109. The topological polar surface area (TPSA) is 80.4 Å². The Morgan fingerprint density at radius 2 is 2.33 bits per heavy atom. The van der Waals surface area contributed by atoms with Crippen molar-refractivity contribution >= 4 is 22.6 Å². The third kappa shape index (κ3) is 1.78. The number of hydrogen-bond acceptors (Lipinski definition) is 5. The molecule has 96 valence electrons. The number of aliphatic hydroxyl groups is 2. The van der Waals surface area contributed by atoms with E-state index >= 15 is 0 Å². The lowest BCUT2D eigenvalue weighted by atomic mass is 10.2. The Bertz CT molecular complexity index is 574. The van der Waals surface area contributed by atoms with Crippen molar-refractivity contribution in [2.24, 2.45) is 0 Å². The van der Waals surface area contributed by atoms with Crippen LogP contribution in [0, 0.1) is 0 Å². The highest BCUT2D eigenvalue weighted by Gasteiger charge is 2.35. The summed E-state index contributed by atoms with van der Waals surface area (Å²) in [5.74, 6) is 0. The molecule has 1 saturated heterocycles.